The van der Waals surface area contributed by atoms with E-state index in [0.717, 1.165) is 6.07 Å². The molecule has 0 aliphatic rings. The van der Waals surface area contributed by atoms with Crippen LogP contribution in [0, 0.1) is 0 Å². The zero-order chi connectivity index (χ0) is 36.9. The quantitative estimate of drug-likeness (QED) is 0.0430. The molecule has 8 N–H and O–H groups in total. The number of anilines is 8. The van der Waals surface area contributed by atoms with Gasteiger partial charge in [0.25, 0.3) is 10.1 Å². The normalized spacial score (nSPS) is 12.0. The zero-order valence-corrected chi connectivity index (χ0v) is 29.4. The molecule has 0 unspecified atom stereocenters. The van der Waals surface area contributed by atoms with Crippen LogP contribution in [-0.2, 0) is 10.1 Å². The van der Waals surface area contributed by atoms with Gasteiger partial charge in [-0.1, -0.05) is 60.7 Å². The Kier molecular flexibility index (Phi) is 10.8. The number of aromatic nitrogens is 6. The van der Waals surface area contributed by atoms with E-state index in [4.69, 9.17) is 23.2 Å². The van der Waals surface area contributed by atoms with E-state index in [1.165, 1.54) is 42.5 Å². The van der Waals surface area contributed by atoms with Crippen LogP contribution in [0.5, 0.6) is 0 Å². The fourth-order valence-electron chi connectivity index (χ4n) is 4.62. The predicted molar refractivity (Wildman–Crippen MR) is 201 cm³/mol. The third kappa shape index (κ3) is 9.66. The lowest BCUT2D eigenvalue weighted by Gasteiger charge is -2.22. The molecular formula is C32H26Cl2N10O6S2. The average molecular weight is 782 g/mol. The summed E-state index contributed by atoms with van der Waals surface area (Å²) in [6.07, 6.45) is 2.63. The summed E-state index contributed by atoms with van der Waals surface area (Å²) in [5.41, 5.74) is 1.94. The number of nitrogens with one attached hydrogen (secondary N) is 4. The van der Waals surface area contributed by atoms with Crippen molar-refractivity contribution in [2.75, 3.05) is 21.3 Å². The van der Waals surface area contributed by atoms with Gasteiger partial charge in [0.15, 0.2) is 0 Å². The van der Waals surface area contributed by atoms with Gasteiger partial charge in [-0.05, 0) is 82.9 Å². The Morgan fingerprint density at radius 3 is 1.23 bits per heavy atom. The molecule has 2 aromatic heterocycles. The average Bonchev–Trinajstić information content (AvgIpc) is 3.07. The van der Waals surface area contributed by atoms with Gasteiger partial charge in [0.2, 0.25) is 34.4 Å². The summed E-state index contributed by atoms with van der Waals surface area (Å²) < 4.78 is 65.8. The minimum absolute atomic E-state index is 0.0108. The van der Waals surface area contributed by atoms with E-state index < -0.39 is 25.9 Å². The van der Waals surface area contributed by atoms with Gasteiger partial charge in [0.1, 0.15) is 15.8 Å². The first-order valence-electron chi connectivity index (χ1n) is 14.7. The molecule has 0 spiro atoms. The van der Waals surface area contributed by atoms with Crippen LogP contribution in [-0.4, -0.2) is 56.5 Å². The van der Waals surface area contributed by atoms with Gasteiger partial charge in [0, 0.05) is 22.7 Å². The highest BCUT2D eigenvalue weighted by Crippen LogP contribution is 2.47. The maximum absolute atomic E-state index is 12.4. The van der Waals surface area contributed by atoms with E-state index in [-0.39, 0.29) is 61.8 Å². The molecule has 0 radical (unpaired) electrons. The van der Waals surface area contributed by atoms with Gasteiger partial charge in [0.05, 0.1) is 4.90 Å². The Morgan fingerprint density at radius 1 is 0.481 bits per heavy atom. The van der Waals surface area contributed by atoms with Crippen LogP contribution in [0.1, 0.15) is 11.1 Å². The summed E-state index contributed by atoms with van der Waals surface area (Å²) in [5, 5.41) is 11.4. The molecule has 0 aliphatic heterocycles. The minimum Gasteiger partial charge on any atom is -0.324 e. The van der Waals surface area contributed by atoms with Gasteiger partial charge in [-0.15, -0.1) is 0 Å². The number of halogens is 2. The third-order valence-corrected chi connectivity index (χ3v) is 9.02. The fourth-order valence-corrected chi connectivity index (χ4v) is 6.39. The summed E-state index contributed by atoms with van der Waals surface area (Å²) >= 11 is 12.2. The van der Waals surface area contributed by atoms with Crippen LogP contribution in [0.15, 0.2) is 107 Å². The Balaban J connectivity index is 1.24. The molecule has 6 aromatic rings. The van der Waals surface area contributed by atoms with Crippen LogP contribution in [0.25, 0.3) is 12.2 Å². The van der Waals surface area contributed by atoms with Gasteiger partial charge < -0.3 is 34.9 Å². The molecule has 4 aromatic carbocycles. The van der Waals surface area contributed by atoms with Gasteiger partial charge in [-0.3, -0.25) is 4.55 Å². The van der Waals surface area contributed by atoms with E-state index in [1.807, 2.05) is 36.4 Å². The lowest BCUT2D eigenvalue weighted by Crippen LogP contribution is -2.06. The lowest BCUT2D eigenvalue weighted by molar-refractivity contribution is 0.376. The van der Waals surface area contributed by atoms with Crippen LogP contribution in [0.4, 0.5) is 46.5 Å². The van der Waals surface area contributed by atoms with E-state index in [1.54, 1.807) is 24.3 Å². The molecule has 0 saturated carbocycles. The summed E-state index contributed by atoms with van der Waals surface area (Å²) in [7, 11) is -9.10. The van der Waals surface area contributed by atoms with Crippen LogP contribution in [0.2, 0.25) is 10.6 Å². The number of benzene rings is 4. The van der Waals surface area contributed by atoms with E-state index in [2.05, 4.69) is 51.2 Å². The summed E-state index contributed by atoms with van der Waals surface area (Å²) in [5.74, 6) is 0.254. The van der Waals surface area contributed by atoms with Crippen molar-refractivity contribution in [2.24, 2.45) is 0 Å². The molecule has 0 bridgehead atoms. The second-order valence-electron chi connectivity index (χ2n) is 10.6. The third-order valence-electron chi connectivity index (χ3n) is 6.83. The first-order valence-corrected chi connectivity index (χ1v) is 18.4. The van der Waals surface area contributed by atoms with Crippen molar-refractivity contribution in [3.8, 4) is 0 Å². The molecular weight excluding hydrogens is 755 g/mol. The van der Waals surface area contributed by atoms with Gasteiger partial charge in [-0.25, -0.2) is 0 Å². The largest absolute Gasteiger partial charge is 0.324 e. The first kappa shape index (κ1) is 36.4. The van der Waals surface area contributed by atoms with Crippen LogP contribution < -0.4 is 21.3 Å². The Morgan fingerprint density at radius 2 is 0.846 bits per heavy atom. The summed E-state index contributed by atoms with van der Waals surface area (Å²) in [6, 6.07) is 26.4. The van der Waals surface area contributed by atoms with Gasteiger partial charge >= 0.3 is 0 Å². The molecule has 20 heteroatoms. The molecule has 0 aliphatic carbocycles. The van der Waals surface area contributed by atoms with Crippen molar-refractivity contribution in [3.05, 3.63) is 119 Å². The van der Waals surface area contributed by atoms with Gasteiger partial charge in [-0.2, -0.15) is 38.3 Å². The molecule has 16 nitrogen and oxygen atoms in total. The highest BCUT2D eigenvalue weighted by molar-refractivity contribution is 8.19. The molecule has 52 heavy (non-hydrogen) atoms. The Bertz CT molecular complexity index is 2370. The molecule has 2 heterocycles. The SMILES string of the molecule is O=S(=O)(O)c1cc(Nc2nc(Cl)nc(Nc3ccccc3)n2)ccc1/C=C/c1ccc(Nc2nc(Cl)nc(Nc3ccccc3)n2)cc1S(O)(O)O. The fraction of sp³-hybridized carbons (Fsp3) is 0. The maximum atomic E-state index is 12.4. The monoisotopic (exact) mass is 780 g/mol. The molecule has 0 amide bonds. The van der Waals surface area contributed by atoms with E-state index >= 15 is 0 Å². The van der Waals surface area contributed by atoms with Crippen molar-refractivity contribution >= 4 is 103 Å². The zero-order valence-electron chi connectivity index (χ0n) is 26.3. The maximum Gasteiger partial charge on any atom is 0.295 e. The summed E-state index contributed by atoms with van der Waals surface area (Å²) in [4.78, 5) is 23.9. The summed E-state index contributed by atoms with van der Waals surface area (Å²) in [6.45, 7) is 0. The molecule has 266 valence electrons. The van der Waals surface area contributed by atoms with Crippen LogP contribution in [0.3, 0.4) is 0 Å². The van der Waals surface area contributed by atoms with Crippen molar-refractivity contribution in [1.29, 1.82) is 0 Å². The van der Waals surface area contributed by atoms with Crippen LogP contribution >= 0.6 is 34.1 Å². The van der Waals surface area contributed by atoms with E-state index in [0.29, 0.717) is 11.4 Å². The van der Waals surface area contributed by atoms with Crippen molar-refractivity contribution in [2.45, 2.75) is 9.79 Å². The standard InChI is InChI=1S/C32H26Cl2N10O6S2/c33-27-39-29(35-21-7-3-1-4-8-21)43-31(41-27)37-23-15-13-19(25(17-23)51(45,46)47)11-12-20-14-16-24(18-26(20)52(48,49)50)38-32-42-28(34)40-30(44-32)36-22-9-5-2-6-10-22/h1-18,45-47H,(H,48,49,50)(H2,35,37,39,41,43)(H2,36,38,40,42,44)/b12-11+. The minimum atomic E-state index is -4.79. The second-order valence-corrected chi connectivity index (χ2v) is 14.1. The highest BCUT2D eigenvalue weighted by atomic mass is 35.5. The second kappa shape index (κ2) is 15.4. The number of para-hydroxylation sites is 2. The topological polar surface area (TPSA) is 241 Å². The van der Waals surface area contributed by atoms with E-state index in [9.17, 15) is 26.6 Å². The lowest BCUT2D eigenvalue weighted by atomic mass is 10.1. The molecule has 6 rings (SSSR count). The molecule has 0 saturated heterocycles. The predicted octanol–water partition coefficient (Wildman–Crippen LogP) is 8.34. The Labute approximate surface area is 308 Å². The smallest absolute Gasteiger partial charge is 0.295 e. The number of hydrogen-bond donors (Lipinski definition) is 8. The molecule has 0 atom stereocenters. The number of hydrogen-bond acceptors (Lipinski definition) is 15. The first-order chi connectivity index (χ1) is 24.8. The molecule has 0 fully saturated rings. The Hall–Kier alpha value is -5.44. The van der Waals surface area contributed by atoms with Crippen molar-refractivity contribution in [1.82, 2.24) is 29.9 Å². The van der Waals surface area contributed by atoms with Crippen molar-refractivity contribution < 1.29 is 26.6 Å². The highest BCUT2D eigenvalue weighted by Gasteiger charge is 2.21. The van der Waals surface area contributed by atoms with Crippen molar-refractivity contribution in [3.63, 3.8) is 0 Å². The number of rotatable bonds is 12. The number of nitrogens with zero attached hydrogens (tertiary/aromatic N) is 6.